The number of hydrogen-bond donors (Lipinski definition) is 3. The number of phenols is 1. The van der Waals surface area contributed by atoms with Crippen LogP contribution in [0.4, 0.5) is 5.69 Å². The Labute approximate surface area is 127 Å². The first-order valence-electron chi connectivity index (χ1n) is 8.02. The van der Waals surface area contributed by atoms with Gasteiger partial charge in [-0.15, -0.1) is 0 Å². The number of nitrogens with one attached hydrogen (secondary N) is 1. The molecule has 21 heavy (non-hydrogen) atoms. The lowest BCUT2D eigenvalue weighted by molar-refractivity contribution is 0.103. The maximum absolute atomic E-state index is 10.3. The first kappa shape index (κ1) is 16.1. The van der Waals surface area contributed by atoms with E-state index in [0.717, 1.165) is 37.2 Å². The van der Waals surface area contributed by atoms with Crippen LogP contribution in [0, 0.1) is 5.92 Å². The smallest absolute Gasteiger partial charge is 0.122 e. The number of phenolic OH excluding ortho intramolecular Hbond substituents is 1. The van der Waals surface area contributed by atoms with E-state index in [4.69, 9.17) is 0 Å². The Balaban J connectivity index is 2.08. The number of hydrogen-bond acceptors (Lipinski definition) is 4. The third kappa shape index (κ3) is 3.89. The molecule has 0 bridgehead atoms. The number of aliphatic hydroxyl groups is 1. The lowest BCUT2D eigenvalue weighted by Gasteiger charge is -2.36. The highest BCUT2D eigenvalue weighted by Gasteiger charge is 2.25. The molecule has 0 radical (unpaired) electrons. The van der Waals surface area contributed by atoms with E-state index >= 15 is 0 Å². The molecule has 0 amide bonds. The number of benzene rings is 1. The number of nitrogens with zero attached hydrogens (tertiary/aromatic N) is 1. The van der Waals surface area contributed by atoms with Crippen molar-refractivity contribution in [2.75, 3.05) is 24.5 Å². The number of anilines is 1. The molecule has 3 atom stereocenters. The zero-order valence-electron chi connectivity index (χ0n) is 13.3. The van der Waals surface area contributed by atoms with E-state index in [1.165, 1.54) is 0 Å². The molecule has 1 heterocycles. The second kappa shape index (κ2) is 7.14. The molecule has 4 nitrogen and oxygen atoms in total. The molecule has 1 aliphatic heterocycles. The first-order chi connectivity index (χ1) is 10.0. The van der Waals surface area contributed by atoms with Crippen LogP contribution >= 0.6 is 0 Å². The molecule has 2 rings (SSSR count). The van der Waals surface area contributed by atoms with Gasteiger partial charge in [0.25, 0.3) is 0 Å². The Morgan fingerprint density at radius 1 is 1.43 bits per heavy atom. The fourth-order valence-electron chi connectivity index (χ4n) is 2.85. The van der Waals surface area contributed by atoms with Crippen molar-refractivity contribution in [3.05, 3.63) is 23.8 Å². The maximum Gasteiger partial charge on any atom is 0.122 e. The normalized spacial score (nSPS) is 24.1. The molecule has 0 aliphatic carbocycles. The molecular formula is C17H28N2O2. The molecule has 0 saturated carbocycles. The van der Waals surface area contributed by atoms with Gasteiger partial charge in [0.2, 0.25) is 0 Å². The van der Waals surface area contributed by atoms with Gasteiger partial charge in [0.05, 0.1) is 6.10 Å². The van der Waals surface area contributed by atoms with Crippen molar-refractivity contribution in [3.63, 3.8) is 0 Å². The Kier molecular flexibility index (Phi) is 5.48. The van der Waals surface area contributed by atoms with Crippen LogP contribution < -0.4 is 10.2 Å². The third-order valence-corrected chi connectivity index (χ3v) is 4.46. The molecule has 1 aromatic rings. The van der Waals surface area contributed by atoms with Crippen LogP contribution in [-0.2, 0) is 0 Å². The van der Waals surface area contributed by atoms with Crippen LogP contribution in [0.25, 0.3) is 0 Å². The van der Waals surface area contributed by atoms with Gasteiger partial charge in [-0.05, 0) is 38.3 Å². The number of aliphatic hydroxyl groups excluding tert-OH is 1. The summed E-state index contributed by atoms with van der Waals surface area (Å²) in [6.45, 7) is 8.80. The van der Waals surface area contributed by atoms with Crippen LogP contribution in [0.3, 0.4) is 0 Å². The van der Waals surface area contributed by atoms with Gasteiger partial charge in [0, 0.05) is 36.4 Å². The SMILES string of the molecule is CCCNC(C)c1ccc(N2CCC(C)C(O)C2)cc1O. The van der Waals surface area contributed by atoms with E-state index in [-0.39, 0.29) is 12.1 Å². The molecule has 3 N–H and O–H groups in total. The minimum Gasteiger partial charge on any atom is -0.508 e. The summed E-state index contributed by atoms with van der Waals surface area (Å²) in [7, 11) is 0. The molecule has 118 valence electrons. The van der Waals surface area contributed by atoms with Gasteiger partial charge in [0.1, 0.15) is 5.75 Å². The topological polar surface area (TPSA) is 55.7 Å². The lowest BCUT2D eigenvalue weighted by Crippen LogP contribution is -2.42. The minimum absolute atomic E-state index is 0.144. The molecular weight excluding hydrogens is 264 g/mol. The summed E-state index contributed by atoms with van der Waals surface area (Å²) in [4.78, 5) is 2.15. The quantitative estimate of drug-likeness (QED) is 0.781. The van der Waals surface area contributed by atoms with Gasteiger partial charge >= 0.3 is 0 Å². The second-order valence-electron chi connectivity index (χ2n) is 6.20. The van der Waals surface area contributed by atoms with Gasteiger partial charge in [-0.25, -0.2) is 0 Å². The molecule has 3 unspecified atom stereocenters. The number of aromatic hydroxyl groups is 1. The Morgan fingerprint density at radius 3 is 2.81 bits per heavy atom. The highest BCUT2D eigenvalue weighted by Crippen LogP contribution is 2.31. The zero-order valence-corrected chi connectivity index (χ0v) is 13.3. The van der Waals surface area contributed by atoms with Gasteiger partial charge in [-0.1, -0.05) is 19.9 Å². The molecule has 0 aromatic heterocycles. The van der Waals surface area contributed by atoms with Crippen LogP contribution in [0.5, 0.6) is 5.75 Å². The van der Waals surface area contributed by atoms with Crippen LogP contribution in [-0.4, -0.2) is 36.0 Å². The van der Waals surface area contributed by atoms with E-state index in [1.807, 2.05) is 18.2 Å². The molecule has 1 fully saturated rings. The van der Waals surface area contributed by atoms with Crippen molar-refractivity contribution in [2.45, 2.75) is 45.8 Å². The average molecular weight is 292 g/mol. The van der Waals surface area contributed by atoms with Crippen molar-refractivity contribution >= 4 is 5.69 Å². The first-order valence-corrected chi connectivity index (χ1v) is 8.02. The fraction of sp³-hybridized carbons (Fsp3) is 0.647. The predicted molar refractivity (Wildman–Crippen MR) is 86.8 cm³/mol. The summed E-state index contributed by atoms with van der Waals surface area (Å²) in [6, 6.07) is 6.00. The van der Waals surface area contributed by atoms with Crippen LogP contribution in [0.2, 0.25) is 0 Å². The number of β-amino-alcohol motifs (C(OH)–C–C–N with tert-alkyl or cyclic N) is 1. The van der Waals surface area contributed by atoms with E-state index in [1.54, 1.807) is 0 Å². The van der Waals surface area contributed by atoms with Crippen molar-refractivity contribution in [3.8, 4) is 5.75 Å². The second-order valence-corrected chi connectivity index (χ2v) is 6.20. The summed E-state index contributed by atoms with van der Waals surface area (Å²) >= 11 is 0. The summed E-state index contributed by atoms with van der Waals surface area (Å²) in [5.41, 5.74) is 1.92. The number of piperidine rings is 1. The van der Waals surface area contributed by atoms with Crippen LogP contribution in [0.15, 0.2) is 18.2 Å². The fourth-order valence-corrected chi connectivity index (χ4v) is 2.85. The van der Waals surface area contributed by atoms with Gasteiger partial charge in [-0.3, -0.25) is 0 Å². The summed E-state index contributed by atoms with van der Waals surface area (Å²) < 4.78 is 0. The zero-order chi connectivity index (χ0) is 15.4. The van der Waals surface area contributed by atoms with Gasteiger partial charge in [-0.2, -0.15) is 0 Å². The highest BCUT2D eigenvalue weighted by atomic mass is 16.3. The Bertz CT molecular complexity index is 464. The van der Waals surface area contributed by atoms with Crippen molar-refractivity contribution in [1.82, 2.24) is 5.32 Å². The van der Waals surface area contributed by atoms with Crippen molar-refractivity contribution in [2.24, 2.45) is 5.92 Å². The average Bonchev–Trinajstić information content (AvgIpc) is 2.47. The summed E-state index contributed by atoms with van der Waals surface area (Å²) in [5.74, 6) is 0.684. The monoisotopic (exact) mass is 292 g/mol. The van der Waals surface area contributed by atoms with Crippen LogP contribution in [0.1, 0.15) is 45.2 Å². The molecule has 0 spiro atoms. The lowest BCUT2D eigenvalue weighted by atomic mass is 9.95. The Hall–Kier alpha value is -1.26. The summed E-state index contributed by atoms with van der Waals surface area (Å²) in [5, 5.41) is 23.7. The van der Waals surface area contributed by atoms with E-state index in [9.17, 15) is 10.2 Å². The van der Waals surface area contributed by atoms with E-state index in [0.29, 0.717) is 18.2 Å². The van der Waals surface area contributed by atoms with Crippen molar-refractivity contribution in [1.29, 1.82) is 0 Å². The Morgan fingerprint density at radius 2 is 2.19 bits per heavy atom. The van der Waals surface area contributed by atoms with Gasteiger partial charge in [0.15, 0.2) is 0 Å². The number of rotatable bonds is 5. The van der Waals surface area contributed by atoms with E-state index < -0.39 is 0 Å². The summed E-state index contributed by atoms with van der Waals surface area (Å²) in [6.07, 6.45) is 1.77. The van der Waals surface area contributed by atoms with Gasteiger partial charge < -0.3 is 20.4 Å². The molecule has 1 aliphatic rings. The standard InChI is InChI=1S/C17H28N2O2/c1-4-8-18-13(3)15-6-5-14(10-16(15)20)19-9-7-12(2)17(21)11-19/h5-6,10,12-13,17-18,20-21H,4,7-9,11H2,1-3H3. The third-order valence-electron chi connectivity index (χ3n) is 4.46. The molecule has 1 aromatic carbocycles. The molecule has 4 heteroatoms. The predicted octanol–water partition coefficient (Wildman–Crippen LogP) is 2.66. The van der Waals surface area contributed by atoms with E-state index in [2.05, 4.69) is 31.0 Å². The highest BCUT2D eigenvalue weighted by molar-refractivity contribution is 5.54. The maximum atomic E-state index is 10.3. The minimum atomic E-state index is -0.286. The molecule has 1 saturated heterocycles. The van der Waals surface area contributed by atoms with Crippen molar-refractivity contribution < 1.29 is 10.2 Å². The largest absolute Gasteiger partial charge is 0.508 e.